The fourth-order valence-corrected chi connectivity index (χ4v) is 3.51. The summed E-state index contributed by atoms with van der Waals surface area (Å²) in [4.78, 5) is 11.9. The first-order valence-electron chi connectivity index (χ1n) is 7.23. The molecule has 3 rings (SSSR count). The van der Waals surface area contributed by atoms with E-state index in [1.165, 1.54) is 6.07 Å². The number of hydrogen-bond acceptors (Lipinski definition) is 6. The molecule has 0 unspecified atom stereocenters. The minimum absolute atomic E-state index is 0.0214. The first-order chi connectivity index (χ1) is 12.5. The third-order valence-electron chi connectivity index (χ3n) is 2.99. The van der Waals surface area contributed by atoms with Gasteiger partial charge in [0.2, 0.25) is 11.0 Å². The van der Waals surface area contributed by atoms with Gasteiger partial charge in [0.05, 0.1) is 11.4 Å². The maximum absolute atomic E-state index is 13.6. The number of nitrogens with one attached hydrogen (secondary N) is 2. The smallest absolute Gasteiger partial charge is 0.234 e. The maximum atomic E-state index is 13.6. The molecule has 3 aromatic rings. The van der Waals surface area contributed by atoms with E-state index in [1.807, 2.05) is 0 Å². The van der Waals surface area contributed by atoms with Gasteiger partial charge in [-0.3, -0.25) is 4.79 Å². The van der Waals surface area contributed by atoms with E-state index in [-0.39, 0.29) is 17.1 Å². The van der Waals surface area contributed by atoms with Crippen LogP contribution in [0.1, 0.15) is 0 Å². The van der Waals surface area contributed by atoms with Crippen molar-refractivity contribution in [3.05, 3.63) is 59.9 Å². The van der Waals surface area contributed by atoms with Crippen molar-refractivity contribution < 1.29 is 18.0 Å². The summed E-state index contributed by atoms with van der Waals surface area (Å²) in [5.74, 6) is -2.44. The highest BCUT2D eigenvalue weighted by Gasteiger charge is 2.11. The Morgan fingerprint density at radius 3 is 2.54 bits per heavy atom. The van der Waals surface area contributed by atoms with Crippen LogP contribution in [0.5, 0.6) is 0 Å². The van der Waals surface area contributed by atoms with Gasteiger partial charge < -0.3 is 10.6 Å². The van der Waals surface area contributed by atoms with Crippen molar-refractivity contribution in [2.75, 3.05) is 16.4 Å². The lowest BCUT2D eigenvalue weighted by Crippen LogP contribution is -2.14. The zero-order valence-corrected chi connectivity index (χ0v) is 14.6. The molecular formula is C16H11F3N4OS2. The molecule has 0 aliphatic rings. The Kier molecular flexibility index (Phi) is 5.74. The number of thioether (sulfide) groups is 1. The van der Waals surface area contributed by atoms with Crippen molar-refractivity contribution in [3.63, 3.8) is 0 Å². The van der Waals surface area contributed by atoms with Crippen molar-refractivity contribution in [1.82, 2.24) is 10.2 Å². The first-order valence-corrected chi connectivity index (χ1v) is 9.03. The molecule has 26 heavy (non-hydrogen) atoms. The highest BCUT2D eigenvalue weighted by Crippen LogP contribution is 2.28. The average Bonchev–Trinajstić information content (AvgIpc) is 3.02. The molecule has 1 aromatic heterocycles. The quantitative estimate of drug-likeness (QED) is 0.604. The summed E-state index contributed by atoms with van der Waals surface area (Å²) >= 11 is 2.26. The van der Waals surface area contributed by atoms with Crippen LogP contribution in [0.3, 0.4) is 0 Å². The van der Waals surface area contributed by atoms with E-state index in [9.17, 15) is 18.0 Å². The molecule has 1 heterocycles. The van der Waals surface area contributed by atoms with Crippen molar-refractivity contribution >= 4 is 45.5 Å². The highest BCUT2D eigenvalue weighted by atomic mass is 32.2. The van der Waals surface area contributed by atoms with Crippen LogP contribution in [0.2, 0.25) is 0 Å². The van der Waals surface area contributed by atoms with Crippen LogP contribution < -0.4 is 10.6 Å². The molecule has 0 spiro atoms. The van der Waals surface area contributed by atoms with Crippen molar-refractivity contribution in [2.45, 2.75) is 4.34 Å². The zero-order valence-electron chi connectivity index (χ0n) is 13.0. The van der Waals surface area contributed by atoms with Crippen LogP contribution in [-0.2, 0) is 4.79 Å². The Balaban J connectivity index is 1.54. The number of para-hydroxylation sites is 1. The number of nitrogens with zero attached hydrogens (tertiary/aromatic N) is 2. The van der Waals surface area contributed by atoms with Crippen LogP contribution >= 0.6 is 23.1 Å². The molecular weight excluding hydrogens is 385 g/mol. The average molecular weight is 396 g/mol. The predicted molar refractivity (Wildman–Crippen MR) is 95.3 cm³/mol. The van der Waals surface area contributed by atoms with Gasteiger partial charge >= 0.3 is 0 Å². The van der Waals surface area contributed by atoms with E-state index in [2.05, 4.69) is 20.8 Å². The summed E-state index contributed by atoms with van der Waals surface area (Å²) in [6.07, 6.45) is 0. The normalized spacial score (nSPS) is 10.6. The fourth-order valence-electron chi connectivity index (χ4n) is 1.95. The summed E-state index contributed by atoms with van der Waals surface area (Å²) in [6, 6.07) is 8.90. The van der Waals surface area contributed by atoms with Crippen molar-refractivity contribution in [1.29, 1.82) is 0 Å². The van der Waals surface area contributed by atoms with Gasteiger partial charge in [0.25, 0.3) is 0 Å². The van der Waals surface area contributed by atoms with Crippen LogP contribution in [0.15, 0.2) is 46.8 Å². The van der Waals surface area contributed by atoms with Gasteiger partial charge in [0, 0.05) is 11.8 Å². The maximum Gasteiger partial charge on any atom is 0.234 e. The number of hydrogen-bond donors (Lipinski definition) is 2. The summed E-state index contributed by atoms with van der Waals surface area (Å²) in [5.41, 5.74) is 0.304. The SMILES string of the molecule is O=C(CSc1nnc(Nc2ccccc2F)s1)Nc1cc(F)cc(F)c1. The molecule has 134 valence electrons. The van der Waals surface area contributed by atoms with Crippen LogP contribution in [-0.4, -0.2) is 21.9 Å². The number of anilines is 3. The van der Waals surface area contributed by atoms with E-state index in [1.54, 1.807) is 18.2 Å². The summed E-state index contributed by atoms with van der Waals surface area (Å²) in [5, 5.41) is 13.4. The minimum Gasteiger partial charge on any atom is -0.328 e. The molecule has 0 fully saturated rings. The second-order valence-electron chi connectivity index (χ2n) is 4.97. The van der Waals surface area contributed by atoms with E-state index in [4.69, 9.17) is 0 Å². The Morgan fingerprint density at radius 2 is 1.81 bits per heavy atom. The molecule has 1 amide bonds. The zero-order chi connectivity index (χ0) is 18.5. The Labute approximate surface area is 154 Å². The Hall–Kier alpha value is -2.59. The van der Waals surface area contributed by atoms with Gasteiger partial charge in [0.1, 0.15) is 17.5 Å². The first kappa shape index (κ1) is 18.2. The van der Waals surface area contributed by atoms with E-state index < -0.39 is 23.4 Å². The molecule has 0 atom stereocenters. The summed E-state index contributed by atoms with van der Waals surface area (Å²) in [7, 11) is 0. The molecule has 0 bridgehead atoms. The van der Waals surface area contributed by atoms with E-state index in [0.717, 1.165) is 41.3 Å². The van der Waals surface area contributed by atoms with Crippen molar-refractivity contribution in [2.24, 2.45) is 0 Å². The molecule has 0 saturated heterocycles. The van der Waals surface area contributed by atoms with E-state index in [0.29, 0.717) is 9.47 Å². The number of rotatable bonds is 6. The number of aromatic nitrogens is 2. The van der Waals surface area contributed by atoms with Crippen LogP contribution in [0.25, 0.3) is 0 Å². The van der Waals surface area contributed by atoms with Gasteiger partial charge in [-0.25, -0.2) is 13.2 Å². The lowest BCUT2D eigenvalue weighted by molar-refractivity contribution is -0.113. The highest BCUT2D eigenvalue weighted by molar-refractivity contribution is 8.01. The number of amides is 1. The van der Waals surface area contributed by atoms with Crippen LogP contribution in [0.4, 0.5) is 29.7 Å². The predicted octanol–water partition coefficient (Wildman–Crippen LogP) is 4.43. The van der Waals surface area contributed by atoms with Gasteiger partial charge in [-0.15, -0.1) is 10.2 Å². The molecule has 5 nitrogen and oxygen atoms in total. The largest absolute Gasteiger partial charge is 0.328 e. The molecule has 0 aliphatic carbocycles. The van der Waals surface area contributed by atoms with Gasteiger partial charge in [-0.2, -0.15) is 0 Å². The van der Waals surface area contributed by atoms with Gasteiger partial charge in [-0.05, 0) is 24.3 Å². The Bertz CT molecular complexity index is 915. The lowest BCUT2D eigenvalue weighted by atomic mass is 10.3. The molecule has 0 aliphatic heterocycles. The lowest BCUT2D eigenvalue weighted by Gasteiger charge is -2.04. The topological polar surface area (TPSA) is 66.9 Å². The molecule has 2 aromatic carbocycles. The molecule has 10 heteroatoms. The number of benzene rings is 2. The van der Waals surface area contributed by atoms with Crippen molar-refractivity contribution in [3.8, 4) is 0 Å². The number of carbonyl (C=O) groups is 1. The number of carbonyl (C=O) groups excluding carboxylic acids is 1. The molecule has 2 N–H and O–H groups in total. The monoisotopic (exact) mass is 396 g/mol. The van der Waals surface area contributed by atoms with E-state index >= 15 is 0 Å². The molecule has 0 saturated carbocycles. The summed E-state index contributed by atoms with van der Waals surface area (Å²) in [6.45, 7) is 0. The molecule has 0 radical (unpaired) electrons. The van der Waals surface area contributed by atoms with Crippen LogP contribution in [0, 0.1) is 17.5 Å². The standard InChI is InChI=1S/C16H11F3N4OS2/c17-9-5-10(18)7-11(6-9)20-14(24)8-25-16-23-22-15(26-16)21-13-4-2-1-3-12(13)19/h1-7H,8H2,(H,20,24)(H,21,22). The Morgan fingerprint density at radius 1 is 1.08 bits per heavy atom. The second-order valence-corrected chi connectivity index (χ2v) is 7.17. The van der Waals surface area contributed by atoms with Gasteiger partial charge in [-0.1, -0.05) is 35.2 Å². The fraction of sp³-hybridized carbons (Fsp3) is 0.0625. The minimum atomic E-state index is -0.777. The van der Waals surface area contributed by atoms with Gasteiger partial charge in [0.15, 0.2) is 4.34 Å². The number of halogens is 3. The third kappa shape index (κ3) is 4.96. The summed E-state index contributed by atoms with van der Waals surface area (Å²) < 4.78 is 40.3. The third-order valence-corrected chi connectivity index (χ3v) is 4.97. The second kappa shape index (κ2) is 8.19.